The lowest BCUT2D eigenvalue weighted by Crippen LogP contribution is -2.17. The van der Waals surface area contributed by atoms with Crippen molar-refractivity contribution in [1.82, 2.24) is 0 Å². The zero-order chi connectivity index (χ0) is 14.8. The molecule has 1 aromatic carbocycles. The summed E-state index contributed by atoms with van der Waals surface area (Å²) in [5, 5.41) is 10.7. The van der Waals surface area contributed by atoms with Crippen LogP contribution in [0.2, 0.25) is 0 Å². The Morgan fingerprint density at radius 3 is 2.81 bits per heavy atom. The van der Waals surface area contributed by atoms with Gasteiger partial charge in [0.25, 0.3) is 0 Å². The molecule has 2 aliphatic carbocycles. The Morgan fingerprint density at radius 2 is 2.05 bits per heavy atom. The van der Waals surface area contributed by atoms with Crippen molar-refractivity contribution >= 4 is 0 Å². The van der Waals surface area contributed by atoms with Gasteiger partial charge in [0.05, 0.1) is 6.10 Å². The number of hydrogen-bond acceptors (Lipinski definition) is 1. The number of unbranched alkanes of at least 4 members (excludes halogenated alkanes) is 1. The van der Waals surface area contributed by atoms with Crippen molar-refractivity contribution in [3.63, 3.8) is 0 Å². The molecule has 2 aliphatic rings. The van der Waals surface area contributed by atoms with Gasteiger partial charge in [-0.3, -0.25) is 0 Å². The minimum absolute atomic E-state index is 0.0760. The lowest BCUT2D eigenvalue weighted by atomic mass is 9.90. The largest absolute Gasteiger partial charge is 0.393 e. The van der Waals surface area contributed by atoms with Crippen LogP contribution >= 0.6 is 0 Å². The second-order valence-corrected chi connectivity index (χ2v) is 7.22. The molecule has 21 heavy (non-hydrogen) atoms. The van der Waals surface area contributed by atoms with Gasteiger partial charge in [0.1, 0.15) is 0 Å². The number of fused-ring (bicyclic) bond motifs is 3. The fourth-order valence-electron chi connectivity index (χ4n) is 4.62. The molecule has 0 aromatic heterocycles. The molecule has 1 heteroatoms. The van der Waals surface area contributed by atoms with Crippen molar-refractivity contribution in [2.75, 3.05) is 0 Å². The molecule has 0 radical (unpaired) electrons. The highest BCUT2D eigenvalue weighted by Crippen LogP contribution is 2.61. The first-order valence-corrected chi connectivity index (χ1v) is 9.02. The van der Waals surface area contributed by atoms with Gasteiger partial charge in [0.2, 0.25) is 0 Å². The zero-order valence-electron chi connectivity index (χ0n) is 13.6. The van der Waals surface area contributed by atoms with Crippen LogP contribution in [0.3, 0.4) is 0 Å². The normalized spacial score (nSPS) is 29.4. The predicted molar refractivity (Wildman–Crippen MR) is 88.4 cm³/mol. The van der Waals surface area contributed by atoms with Crippen molar-refractivity contribution in [2.45, 2.75) is 70.8 Å². The van der Waals surface area contributed by atoms with E-state index in [0.717, 1.165) is 18.3 Å². The smallest absolute Gasteiger partial charge is 0.0579 e. The third-order valence-corrected chi connectivity index (χ3v) is 5.95. The van der Waals surface area contributed by atoms with Crippen LogP contribution in [0, 0.1) is 17.8 Å². The molecular formula is C20H30O. The van der Waals surface area contributed by atoms with Gasteiger partial charge in [0, 0.05) is 0 Å². The van der Waals surface area contributed by atoms with Crippen LogP contribution in [0.15, 0.2) is 24.3 Å². The molecule has 0 bridgehead atoms. The van der Waals surface area contributed by atoms with Gasteiger partial charge in [-0.15, -0.1) is 0 Å². The molecule has 1 saturated carbocycles. The second-order valence-electron chi connectivity index (χ2n) is 7.22. The van der Waals surface area contributed by atoms with Crippen LogP contribution in [0.25, 0.3) is 0 Å². The number of hydrogen-bond donors (Lipinski definition) is 1. The van der Waals surface area contributed by atoms with E-state index in [9.17, 15) is 5.11 Å². The van der Waals surface area contributed by atoms with Crippen molar-refractivity contribution in [3.05, 3.63) is 35.4 Å². The highest BCUT2D eigenvalue weighted by Gasteiger charge is 2.56. The van der Waals surface area contributed by atoms with E-state index in [1.165, 1.54) is 44.1 Å². The molecule has 0 spiro atoms. The Bertz CT molecular complexity index is 467. The monoisotopic (exact) mass is 286 g/mol. The minimum Gasteiger partial charge on any atom is -0.393 e. The van der Waals surface area contributed by atoms with Crippen LogP contribution in [0.4, 0.5) is 0 Å². The van der Waals surface area contributed by atoms with E-state index < -0.39 is 0 Å². The summed E-state index contributed by atoms with van der Waals surface area (Å²) in [5.74, 6) is 2.69. The van der Waals surface area contributed by atoms with Crippen LogP contribution in [-0.4, -0.2) is 11.2 Å². The van der Waals surface area contributed by atoms with Gasteiger partial charge in [-0.1, -0.05) is 63.8 Å². The Morgan fingerprint density at radius 1 is 1.24 bits per heavy atom. The summed E-state index contributed by atoms with van der Waals surface area (Å²) in [6.45, 7) is 4.54. The summed E-state index contributed by atoms with van der Waals surface area (Å²) in [5.41, 5.74) is 3.07. The fraction of sp³-hybridized carbons (Fsp3) is 0.700. The van der Waals surface area contributed by atoms with E-state index in [0.29, 0.717) is 11.8 Å². The Hall–Kier alpha value is -0.820. The third kappa shape index (κ3) is 3.04. The predicted octanol–water partition coefficient (Wildman–Crippen LogP) is 4.93. The van der Waals surface area contributed by atoms with Crippen molar-refractivity contribution in [2.24, 2.45) is 17.8 Å². The Kier molecular flexibility index (Phi) is 4.69. The molecule has 5 unspecified atom stereocenters. The van der Waals surface area contributed by atoms with E-state index in [4.69, 9.17) is 0 Å². The van der Waals surface area contributed by atoms with Crippen molar-refractivity contribution in [3.8, 4) is 0 Å². The van der Waals surface area contributed by atoms with Gasteiger partial charge in [-0.2, -0.15) is 0 Å². The lowest BCUT2D eigenvalue weighted by Gasteiger charge is -2.19. The molecule has 1 nitrogen and oxygen atoms in total. The average molecular weight is 286 g/mol. The van der Waals surface area contributed by atoms with Crippen molar-refractivity contribution < 1.29 is 5.11 Å². The number of aliphatic hydroxyl groups excluding tert-OH is 1. The third-order valence-electron chi connectivity index (χ3n) is 5.95. The first kappa shape index (κ1) is 15.1. The van der Waals surface area contributed by atoms with E-state index >= 15 is 0 Å². The van der Waals surface area contributed by atoms with Crippen LogP contribution in [0.1, 0.15) is 69.4 Å². The molecule has 0 amide bonds. The maximum Gasteiger partial charge on any atom is 0.0579 e. The topological polar surface area (TPSA) is 20.2 Å². The van der Waals surface area contributed by atoms with Crippen LogP contribution in [-0.2, 0) is 6.42 Å². The van der Waals surface area contributed by atoms with E-state index in [2.05, 4.69) is 38.1 Å². The summed E-state index contributed by atoms with van der Waals surface area (Å²) in [6, 6.07) is 8.90. The van der Waals surface area contributed by atoms with E-state index in [1.54, 1.807) is 5.56 Å². The molecule has 3 rings (SSSR count). The summed E-state index contributed by atoms with van der Waals surface area (Å²) in [4.78, 5) is 0. The average Bonchev–Trinajstić information content (AvgIpc) is 3.26. The zero-order valence-corrected chi connectivity index (χ0v) is 13.6. The molecule has 0 saturated heterocycles. The van der Waals surface area contributed by atoms with Gasteiger partial charge < -0.3 is 5.11 Å². The molecule has 116 valence electrons. The molecule has 5 atom stereocenters. The minimum atomic E-state index is -0.0760. The molecular weight excluding hydrogens is 256 g/mol. The summed E-state index contributed by atoms with van der Waals surface area (Å²) in [7, 11) is 0. The van der Waals surface area contributed by atoms with E-state index in [-0.39, 0.29) is 6.10 Å². The second kappa shape index (κ2) is 6.52. The Balaban J connectivity index is 1.62. The van der Waals surface area contributed by atoms with Gasteiger partial charge in [-0.05, 0) is 54.1 Å². The number of aryl methyl sites for hydroxylation is 1. The maximum atomic E-state index is 10.7. The maximum absolute atomic E-state index is 10.7. The number of benzene rings is 1. The van der Waals surface area contributed by atoms with Crippen LogP contribution in [0.5, 0.6) is 0 Å². The first-order chi connectivity index (χ1) is 10.3. The Labute approximate surface area is 129 Å². The molecule has 0 heterocycles. The highest BCUT2D eigenvalue weighted by atomic mass is 16.3. The van der Waals surface area contributed by atoms with Gasteiger partial charge >= 0.3 is 0 Å². The highest BCUT2D eigenvalue weighted by molar-refractivity contribution is 5.39. The quantitative estimate of drug-likeness (QED) is 0.753. The van der Waals surface area contributed by atoms with Crippen molar-refractivity contribution in [1.29, 1.82) is 0 Å². The molecule has 1 aromatic rings. The standard InChI is InChI=1S/C20H30O/c1-3-5-8-14(4-2)13-18(21)20-17-12-11-15-9-6-7-10-16(15)19(17)20/h6-7,9-10,14,17-21H,3-5,8,11-13H2,1-2H3. The summed E-state index contributed by atoms with van der Waals surface area (Å²) < 4.78 is 0. The molecule has 0 aliphatic heterocycles. The first-order valence-electron chi connectivity index (χ1n) is 9.02. The number of aliphatic hydroxyl groups is 1. The SMILES string of the molecule is CCCCC(CC)CC(O)C1C2CCc3ccccc3C21. The van der Waals surface area contributed by atoms with Gasteiger partial charge in [0.15, 0.2) is 0 Å². The summed E-state index contributed by atoms with van der Waals surface area (Å²) in [6.07, 6.45) is 8.55. The lowest BCUT2D eigenvalue weighted by molar-refractivity contribution is 0.109. The van der Waals surface area contributed by atoms with Gasteiger partial charge in [-0.25, -0.2) is 0 Å². The fourth-order valence-corrected chi connectivity index (χ4v) is 4.62. The molecule has 1 N–H and O–H groups in total. The summed E-state index contributed by atoms with van der Waals surface area (Å²) >= 11 is 0. The van der Waals surface area contributed by atoms with Crippen LogP contribution < -0.4 is 0 Å². The molecule has 1 fully saturated rings. The van der Waals surface area contributed by atoms with E-state index in [1.807, 2.05) is 0 Å². The number of rotatable bonds is 7.